The molecule has 0 spiro atoms. The monoisotopic (exact) mass is 330 g/mol. The Balaban J connectivity index is 0.00000106. The van der Waals surface area contributed by atoms with E-state index in [9.17, 15) is 0 Å². The van der Waals surface area contributed by atoms with E-state index in [0.717, 1.165) is 43.0 Å². The van der Waals surface area contributed by atoms with Crippen molar-refractivity contribution in [1.29, 1.82) is 0 Å². The van der Waals surface area contributed by atoms with Gasteiger partial charge in [0.2, 0.25) is 0 Å². The van der Waals surface area contributed by atoms with Crippen LogP contribution in [0.2, 0.25) is 5.15 Å². The zero-order chi connectivity index (χ0) is 15.8. The van der Waals surface area contributed by atoms with Gasteiger partial charge in [-0.05, 0) is 26.7 Å². The Bertz CT molecular complexity index is 566. The predicted molar refractivity (Wildman–Crippen MR) is 90.3 cm³/mol. The summed E-state index contributed by atoms with van der Waals surface area (Å²) in [5.41, 5.74) is 1.54. The van der Waals surface area contributed by atoms with Crippen LogP contribution in [0.3, 0.4) is 0 Å². The molecule has 6 heteroatoms. The first kappa shape index (κ1) is 18.2. The van der Waals surface area contributed by atoms with Crippen molar-refractivity contribution in [1.82, 2.24) is 19.5 Å². The van der Waals surface area contributed by atoms with E-state index in [4.69, 9.17) is 23.2 Å². The lowest BCUT2D eigenvalue weighted by Gasteiger charge is -2.07. The van der Waals surface area contributed by atoms with E-state index in [1.165, 1.54) is 6.42 Å². The van der Waals surface area contributed by atoms with Gasteiger partial charge in [0.25, 0.3) is 0 Å². The molecule has 0 saturated heterocycles. The van der Waals surface area contributed by atoms with Crippen molar-refractivity contribution < 1.29 is 0 Å². The van der Waals surface area contributed by atoms with Gasteiger partial charge in [-0.3, -0.25) is 0 Å². The Kier molecular flexibility index (Phi) is 7.97. The van der Waals surface area contributed by atoms with Gasteiger partial charge in [-0.1, -0.05) is 38.3 Å². The van der Waals surface area contributed by atoms with Gasteiger partial charge in [0, 0.05) is 12.4 Å². The number of aryl methyl sites for hydroxylation is 3. The smallest absolute Gasteiger partial charge is 0.182 e. The van der Waals surface area contributed by atoms with E-state index in [1.807, 2.05) is 27.7 Å². The molecule has 2 aromatic rings. The molecular weight excluding hydrogens is 307 g/mol. The molecule has 0 aromatic carbocycles. The van der Waals surface area contributed by atoms with Gasteiger partial charge in [0.15, 0.2) is 10.8 Å². The van der Waals surface area contributed by atoms with Gasteiger partial charge in [-0.2, -0.15) is 0 Å². The van der Waals surface area contributed by atoms with Gasteiger partial charge in [-0.25, -0.2) is 15.0 Å². The second-order valence-corrected chi connectivity index (χ2v) is 5.38. The van der Waals surface area contributed by atoms with E-state index in [0.29, 0.717) is 16.6 Å². The minimum Gasteiger partial charge on any atom is -0.324 e. The first-order chi connectivity index (χ1) is 10.1. The van der Waals surface area contributed by atoms with Crippen LogP contribution in [0.15, 0.2) is 0 Å². The normalized spacial score (nSPS) is 10.6. The quantitative estimate of drug-likeness (QED) is 0.428. The molecule has 0 aliphatic rings. The highest BCUT2D eigenvalue weighted by atomic mass is 35.5. The van der Waals surface area contributed by atoms with Crippen molar-refractivity contribution in [2.75, 3.05) is 5.88 Å². The molecule has 0 aliphatic heterocycles. The van der Waals surface area contributed by atoms with Gasteiger partial charge in [-0.15, -0.1) is 11.6 Å². The Labute approximate surface area is 136 Å². The summed E-state index contributed by atoms with van der Waals surface area (Å²) in [6.07, 6.45) is 4.50. The average Bonchev–Trinajstić information content (AvgIpc) is 2.77. The van der Waals surface area contributed by atoms with Gasteiger partial charge < -0.3 is 4.57 Å². The molecular formula is C15H24Cl2N4. The third-order valence-corrected chi connectivity index (χ3v) is 3.66. The highest BCUT2D eigenvalue weighted by Crippen LogP contribution is 2.22. The van der Waals surface area contributed by atoms with E-state index < -0.39 is 0 Å². The maximum atomic E-state index is 6.21. The molecule has 0 fully saturated rings. The predicted octanol–water partition coefficient (Wildman–Crippen LogP) is 4.92. The number of rotatable bonds is 6. The van der Waals surface area contributed by atoms with E-state index in [1.54, 1.807) is 0 Å². The molecule has 0 unspecified atom stereocenters. The van der Waals surface area contributed by atoms with Crippen molar-refractivity contribution >= 4 is 34.4 Å². The zero-order valence-corrected chi connectivity index (χ0v) is 14.8. The van der Waals surface area contributed by atoms with E-state index in [2.05, 4.69) is 19.5 Å². The van der Waals surface area contributed by atoms with Crippen molar-refractivity contribution in [2.45, 2.75) is 59.9 Å². The molecule has 0 N–H and O–H groups in total. The maximum absolute atomic E-state index is 6.21. The van der Waals surface area contributed by atoms with Crippen LogP contribution >= 0.6 is 23.2 Å². The number of nitrogens with zero attached hydrogens (tertiary/aromatic N) is 4. The lowest BCUT2D eigenvalue weighted by atomic mass is 10.2. The molecule has 0 atom stereocenters. The first-order valence-electron chi connectivity index (χ1n) is 7.56. The molecule has 2 heterocycles. The molecule has 21 heavy (non-hydrogen) atoms. The lowest BCUT2D eigenvalue weighted by molar-refractivity contribution is 0.583. The second kappa shape index (κ2) is 9.21. The van der Waals surface area contributed by atoms with Crippen LogP contribution in [0.4, 0.5) is 0 Å². The van der Waals surface area contributed by atoms with Crippen molar-refractivity contribution in [3.8, 4) is 0 Å². The van der Waals surface area contributed by atoms with Crippen molar-refractivity contribution in [3.05, 3.63) is 16.8 Å². The highest BCUT2D eigenvalue weighted by Gasteiger charge is 2.13. The van der Waals surface area contributed by atoms with Crippen molar-refractivity contribution in [2.24, 2.45) is 0 Å². The molecule has 4 nitrogen and oxygen atoms in total. The molecule has 2 rings (SSSR count). The standard InChI is InChI=1S/C13H18Cl2N4.C2H6/c1-9-16-12(15)11-13(17-9)18-10(2)19(11)8-6-4-3-5-7-14;1-2/h3-8H2,1-2H3;1-2H3. The van der Waals surface area contributed by atoms with E-state index in [-0.39, 0.29) is 0 Å². The van der Waals surface area contributed by atoms with Crippen LogP contribution in [0.25, 0.3) is 11.2 Å². The number of unbranched alkanes of at least 4 members (excludes halogenated alkanes) is 3. The number of alkyl halides is 1. The van der Waals surface area contributed by atoms with Gasteiger partial charge >= 0.3 is 0 Å². The molecule has 0 aliphatic carbocycles. The fourth-order valence-electron chi connectivity index (χ4n) is 2.20. The zero-order valence-electron chi connectivity index (χ0n) is 13.3. The Morgan fingerprint density at radius 3 is 2.29 bits per heavy atom. The first-order valence-corrected chi connectivity index (χ1v) is 8.47. The SMILES string of the molecule is CC.Cc1nc(Cl)c2c(n1)nc(C)n2CCCCCCCl. The van der Waals surface area contributed by atoms with Crippen LogP contribution in [-0.4, -0.2) is 25.4 Å². The van der Waals surface area contributed by atoms with Crippen LogP contribution in [-0.2, 0) is 6.54 Å². The number of aromatic nitrogens is 4. The van der Waals surface area contributed by atoms with Crippen LogP contribution in [0.1, 0.15) is 51.2 Å². The number of hydrogen-bond acceptors (Lipinski definition) is 3. The minimum absolute atomic E-state index is 0.490. The average molecular weight is 331 g/mol. The van der Waals surface area contributed by atoms with Crippen LogP contribution in [0.5, 0.6) is 0 Å². The third-order valence-electron chi connectivity index (χ3n) is 3.13. The summed E-state index contributed by atoms with van der Waals surface area (Å²) in [4.78, 5) is 13.0. The number of fused-ring (bicyclic) bond motifs is 1. The Morgan fingerprint density at radius 1 is 0.952 bits per heavy atom. The number of imidazole rings is 1. The summed E-state index contributed by atoms with van der Waals surface area (Å²) in [7, 11) is 0. The van der Waals surface area contributed by atoms with Crippen LogP contribution < -0.4 is 0 Å². The van der Waals surface area contributed by atoms with Gasteiger partial charge in [0.1, 0.15) is 17.2 Å². The summed E-state index contributed by atoms with van der Waals surface area (Å²) in [5.74, 6) is 2.34. The number of halogens is 2. The molecule has 0 saturated carbocycles. The molecule has 2 aromatic heterocycles. The largest absolute Gasteiger partial charge is 0.324 e. The highest BCUT2D eigenvalue weighted by molar-refractivity contribution is 6.33. The summed E-state index contributed by atoms with van der Waals surface area (Å²) in [5, 5.41) is 0.490. The van der Waals surface area contributed by atoms with Crippen LogP contribution in [0, 0.1) is 13.8 Å². The molecule has 0 amide bonds. The summed E-state index contributed by atoms with van der Waals surface area (Å²) >= 11 is 11.9. The fraction of sp³-hybridized carbons (Fsp3) is 0.667. The fourth-order valence-corrected chi connectivity index (χ4v) is 2.69. The number of hydrogen-bond donors (Lipinski definition) is 0. The molecule has 118 valence electrons. The summed E-state index contributed by atoms with van der Waals surface area (Å²) < 4.78 is 2.11. The Morgan fingerprint density at radius 2 is 1.62 bits per heavy atom. The summed E-state index contributed by atoms with van der Waals surface area (Å²) in [6, 6.07) is 0. The maximum Gasteiger partial charge on any atom is 0.182 e. The minimum atomic E-state index is 0.490. The Hall–Kier alpha value is -0.870. The topological polar surface area (TPSA) is 43.6 Å². The van der Waals surface area contributed by atoms with Crippen molar-refractivity contribution in [3.63, 3.8) is 0 Å². The second-order valence-electron chi connectivity index (χ2n) is 4.65. The van der Waals surface area contributed by atoms with E-state index >= 15 is 0 Å². The molecule has 0 bridgehead atoms. The summed E-state index contributed by atoms with van der Waals surface area (Å²) in [6.45, 7) is 8.70. The third kappa shape index (κ3) is 4.82. The lowest BCUT2D eigenvalue weighted by Crippen LogP contribution is -2.02. The van der Waals surface area contributed by atoms with Gasteiger partial charge in [0.05, 0.1) is 0 Å². The molecule has 0 radical (unpaired) electrons.